The van der Waals surface area contributed by atoms with Gasteiger partial charge in [0.15, 0.2) is 0 Å². The summed E-state index contributed by atoms with van der Waals surface area (Å²) < 4.78 is 23.1. The Bertz CT molecular complexity index is 667. The van der Waals surface area contributed by atoms with Crippen LogP contribution in [0, 0.1) is 11.3 Å². The van der Waals surface area contributed by atoms with E-state index in [9.17, 15) is 13.2 Å². The van der Waals surface area contributed by atoms with Gasteiger partial charge in [0.25, 0.3) is 0 Å². The van der Waals surface area contributed by atoms with Crippen molar-refractivity contribution in [3.8, 4) is 0 Å². The molecule has 0 spiro atoms. The molecule has 126 valence electrons. The largest absolute Gasteiger partial charge is 0.341 e. The molecule has 0 saturated carbocycles. The second-order valence-electron chi connectivity index (χ2n) is 7.60. The SMILES string of the molecule is CC1(C)CN(C(=O)C2CCS(=O)(=O)CC2)C[C@@H]1c1ccccc1. The Morgan fingerprint density at radius 2 is 1.74 bits per heavy atom. The molecule has 0 radical (unpaired) electrons. The lowest BCUT2D eigenvalue weighted by molar-refractivity contribution is -0.135. The van der Waals surface area contributed by atoms with Crippen molar-refractivity contribution in [3.63, 3.8) is 0 Å². The van der Waals surface area contributed by atoms with Gasteiger partial charge in [0, 0.05) is 24.9 Å². The van der Waals surface area contributed by atoms with E-state index in [4.69, 9.17) is 0 Å². The Hall–Kier alpha value is -1.36. The van der Waals surface area contributed by atoms with Gasteiger partial charge in [-0.25, -0.2) is 8.42 Å². The summed E-state index contributed by atoms with van der Waals surface area (Å²) in [6.45, 7) is 5.90. The molecule has 0 aromatic heterocycles. The van der Waals surface area contributed by atoms with E-state index < -0.39 is 9.84 Å². The summed E-state index contributed by atoms with van der Waals surface area (Å²) in [5, 5.41) is 0. The monoisotopic (exact) mass is 335 g/mol. The first-order valence-electron chi connectivity index (χ1n) is 8.33. The molecule has 23 heavy (non-hydrogen) atoms. The van der Waals surface area contributed by atoms with E-state index in [1.165, 1.54) is 5.56 Å². The van der Waals surface area contributed by atoms with Crippen LogP contribution >= 0.6 is 0 Å². The number of amides is 1. The first-order valence-corrected chi connectivity index (χ1v) is 10.1. The zero-order chi connectivity index (χ0) is 16.7. The van der Waals surface area contributed by atoms with Gasteiger partial charge >= 0.3 is 0 Å². The Balaban J connectivity index is 1.72. The van der Waals surface area contributed by atoms with Crippen molar-refractivity contribution < 1.29 is 13.2 Å². The lowest BCUT2D eigenvalue weighted by Crippen LogP contribution is -2.39. The number of carbonyl (C=O) groups is 1. The maximum Gasteiger partial charge on any atom is 0.225 e. The Kier molecular flexibility index (Phi) is 4.25. The molecule has 1 aromatic rings. The Morgan fingerprint density at radius 1 is 1.13 bits per heavy atom. The third-order valence-corrected chi connectivity index (χ3v) is 7.08. The molecular formula is C18H25NO3S. The van der Waals surface area contributed by atoms with Crippen LogP contribution in [0.5, 0.6) is 0 Å². The summed E-state index contributed by atoms with van der Waals surface area (Å²) in [6, 6.07) is 10.4. The van der Waals surface area contributed by atoms with E-state index in [-0.39, 0.29) is 28.7 Å². The van der Waals surface area contributed by atoms with Gasteiger partial charge in [-0.05, 0) is 23.8 Å². The number of likely N-dealkylation sites (tertiary alicyclic amines) is 1. The van der Waals surface area contributed by atoms with Crippen molar-refractivity contribution >= 4 is 15.7 Å². The number of hydrogen-bond acceptors (Lipinski definition) is 3. The lowest BCUT2D eigenvalue weighted by Gasteiger charge is -2.27. The second kappa shape index (κ2) is 5.93. The van der Waals surface area contributed by atoms with E-state index in [0.717, 1.165) is 13.1 Å². The molecule has 2 fully saturated rings. The summed E-state index contributed by atoms with van der Waals surface area (Å²) in [5.41, 5.74) is 1.32. The van der Waals surface area contributed by atoms with Crippen molar-refractivity contribution in [1.29, 1.82) is 0 Å². The summed E-state index contributed by atoms with van der Waals surface area (Å²) in [7, 11) is -2.92. The molecule has 2 saturated heterocycles. The average molecular weight is 335 g/mol. The van der Waals surface area contributed by atoms with E-state index >= 15 is 0 Å². The predicted molar refractivity (Wildman–Crippen MR) is 90.9 cm³/mol. The van der Waals surface area contributed by atoms with Crippen molar-refractivity contribution in [2.45, 2.75) is 32.6 Å². The minimum Gasteiger partial charge on any atom is -0.341 e. The van der Waals surface area contributed by atoms with Crippen LogP contribution in [0.2, 0.25) is 0 Å². The number of hydrogen-bond donors (Lipinski definition) is 0. The number of benzene rings is 1. The molecule has 5 heteroatoms. The van der Waals surface area contributed by atoms with Crippen LogP contribution in [0.1, 0.15) is 38.2 Å². The first-order chi connectivity index (χ1) is 10.8. The molecule has 0 aliphatic carbocycles. The highest BCUT2D eigenvalue weighted by Crippen LogP contribution is 2.43. The molecular weight excluding hydrogens is 310 g/mol. The number of nitrogens with zero attached hydrogens (tertiary/aromatic N) is 1. The molecule has 3 rings (SSSR count). The second-order valence-corrected chi connectivity index (χ2v) is 9.90. The quantitative estimate of drug-likeness (QED) is 0.834. The van der Waals surface area contributed by atoms with Crippen molar-refractivity contribution in [2.24, 2.45) is 11.3 Å². The number of rotatable bonds is 2. The lowest BCUT2D eigenvalue weighted by atomic mass is 9.78. The summed E-state index contributed by atoms with van der Waals surface area (Å²) in [5.74, 6) is 0.668. The van der Waals surface area contributed by atoms with Crippen molar-refractivity contribution in [1.82, 2.24) is 4.90 Å². The summed E-state index contributed by atoms with van der Waals surface area (Å²) in [6.07, 6.45) is 0.961. The maximum absolute atomic E-state index is 12.8. The van der Waals surface area contributed by atoms with Crippen molar-refractivity contribution in [3.05, 3.63) is 35.9 Å². The zero-order valence-electron chi connectivity index (χ0n) is 13.9. The molecule has 1 amide bonds. The summed E-state index contributed by atoms with van der Waals surface area (Å²) >= 11 is 0. The topological polar surface area (TPSA) is 54.5 Å². The molecule has 4 nitrogen and oxygen atoms in total. The fraction of sp³-hybridized carbons (Fsp3) is 0.611. The van der Waals surface area contributed by atoms with E-state index in [2.05, 4.69) is 26.0 Å². The highest BCUT2D eigenvalue weighted by Gasteiger charge is 2.43. The standard InChI is InChI=1S/C18H25NO3S/c1-18(2)13-19(12-16(18)14-6-4-3-5-7-14)17(20)15-8-10-23(21,22)11-9-15/h3-7,15-16H,8-13H2,1-2H3/t16-/m1/s1. The van der Waals surface area contributed by atoms with Crippen LogP contribution < -0.4 is 0 Å². The van der Waals surface area contributed by atoms with Gasteiger partial charge in [0.2, 0.25) is 5.91 Å². The van der Waals surface area contributed by atoms with Crippen molar-refractivity contribution in [2.75, 3.05) is 24.6 Å². The normalized spacial score (nSPS) is 27.0. The minimum atomic E-state index is -2.92. The number of carbonyl (C=O) groups excluding carboxylic acids is 1. The van der Waals surface area contributed by atoms with E-state index in [0.29, 0.717) is 18.8 Å². The van der Waals surface area contributed by atoms with Gasteiger partial charge in [-0.15, -0.1) is 0 Å². The Labute approximate surface area is 138 Å². The van der Waals surface area contributed by atoms with Gasteiger partial charge in [0.05, 0.1) is 11.5 Å². The first kappa shape index (κ1) is 16.5. The highest BCUT2D eigenvalue weighted by molar-refractivity contribution is 7.91. The molecule has 1 atom stereocenters. The molecule has 1 aromatic carbocycles. The van der Waals surface area contributed by atoms with E-state index in [1.807, 2.05) is 23.1 Å². The maximum atomic E-state index is 12.8. The fourth-order valence-electron chi connectivity index (χ4n) is 3.94. The Morgan fingerprint density at radius 3 is 2.35 bits per heavy atom. The van der Waals surface area contributed by atoms with Gasteiger partial charge < -0.3 is 4.90 Å². The molecule has 2 aliphatic heterocycles. The van der Waals surface area contributed by atoms with Crippen LogP contribution in [0.3, 0.4) is 0 Å². The molecule has 0 N–H and O–H groups in total. The van der Waals surface area contributed by atoms with Gasteiger partial charge in [-0.2, -0.15) is 0 Å². The minimum absolute atomic E-state index is 0.0394. The third-order valence-electron chi connectivity index (χ3n) is 5.36. The fourth-order valence-corrected chi connectivity index (χ4v) is 5.43. The van der Waals surface area contributed by atoms with Gasteiger partial charge in [-0.3, -0.25) is 4.79 Å². The van der Waals surface area contributed by atoms with Crippen LogP contribution in [-0.2, 0) is 14.6 Å². The summed E-state index contributed by atoms with van der Waals surface area (Å²) in [4.78, 5) is 14.8. The number of sulfone groups is 1. The predicted octanol–water partition coefficient (Wildman–Crippen LogP) is 2.46. The van der Waals surface area contributed by atoms with Crippen LogP contribution in [0.4, 0.5) is 0 Å². The van der Waals surface area contributed by atoms with Gasteiger partial charge in [-0.1, -0.05) is 44.2 Å². The highest BCUT2D eigenvalue weighted by atomic mass is 32.2. The smallest absolute Gasteiger partial charge is 0.225 e. The zero-order valence-corrected chi connectivity index (χ0v) is 14.7. The molecule has 0 unspecified atom stereocenters. The van der Waals surface area contributed by atoms with E-state index in [1.54, 1.807) is 0 Å². The molecule has 2 heterocycles. The third kappa shape index (κ3) is 3.44. The van der Waals surface area contributed by atoms with Crippen LogP contribution in [0.25, 0.3) is 0 Å². The van der Waals surface area contributed by atoms with Crippen LogP contribution in [-0.4, -0.2) is 43.8 Å². The molecule has 2 aliphatic rings. The molecule has 0 bridgehead atoms. The van der Waals surface area contributed by atoms with Gasteiger partial charge in [0.1, 0.15) is 9.84 Å². The van der Waals surface area contributed by atoms with Crippen LogP contribution in [0.15, 0.2) is 30.3 Å². The average Bonchev–Trinajstić information content (AvgIpc) is 2.83.